The zero-order valence-electron chi connectivity index (χ0n) is 6.84. The van der Waals surface area contributed by atoms with Gasteiger partial charge >= 0.3 is 0 Å². The normalized spacial score (nSPS) is 9.38. The average molecular weight is 202 g/mol. The van der Waals surface area contributed by atoms with Gasteiger partial charge in [-0.25, -0.2) is 4.98 Å². The minimum absolute atomic E-state index is 0.0420. The highest BCUT2D eigenvalue weighted by Crippen LogP contribution is 2.11. The van der Waals surface area contributed by atoms with E-state index in [1.807, 2.05) is 0 Å². The van der Waals surface area contributed by atoms with Gasteiger partial charge in [0.1, 0.15) is 5.15 Å². The van der Waals surface area contributed by atoms with Gasteiger partial charge in [0.15, 0.2) is 5.82 Å². The third-order valence-electron chi connectivity index (χ3n) is 1.08. The van der Waals surface area contributed by atoms with Crippen LogP contribution in [0.15, 0.2) is 6.07 Å². The number of hydrazine groups is 1. The Bertz CT molecular complexity index is 309. The summed E-state index contributed by atoms with van der Waals surface area (Å²) >= 11 is 5.58. The van der Waals surface area contributed by atoms with E-state index >= 15 is 0 Å². The Labute approximate surface area is 79.5 Å². The molecule has 13 heavy (non-hydrogen) atoms. The number of aromatic nitrogens is 2. The van der Waals surface area contributed by atoms with Crippen molar-refractivity contribution in [2.75, 3.05) is 11.2 Å². The van der Waals surface area contributed by atoms with Crippen molar-refractivity contribution >= 4 is 29.3 Å². The van der Waals surface area contributed by atoms with E-state index < -0.39 is 0 Å². The SMILES string of the molecule is CC(=O)NNc1cc(Cl)nc(N)n1. The Hall–Kier alpha value is -1.56. The van der Waals surface area contributed by atoms with Gasteiger partial charge in [-0.1, -0.05) is 11.6 Å². The van der Waals surface area contributed by atoms with Crippen molar-refractivity contribution in [2.24, 2.45) is 0 Å². The smallest absolute Gasteiger partial charge is 0.235 e. The second-order valence-corrected chi connectivity index (χ2v) is 2.63. The summed E-state index contributed by atoms with van der Waals surface area (Å²) in [5.41, 5.74) is 10.1. The van der Waals surface area contributed by atoms with Crippen LogP contribution in [0.1, 0.15) is 6.92 Å². The number of amides is 1. The van der Waals surface area contributed by atoms with Crippen LogP contribution in [0.3, 0.4) is 0 Å². The Morgan fingerprint density at radius 1 is 1.62 bits per heavy atom. The number of nitrogens with zero attached hydrogens (tertiary/aromatic N) is 2. The number of nitrogen functional groups attached to an aromatic ring is 1. The molecule has 70 valence electrons. The monoisotopic (exact) mass is 201 g/mol. The van der Waals surface area contributed by atoms with Crippen molar-refractivity contribution in [2.45, 2.75) is 6.92 Å². The van der Waals surface area contributed by atoms with Crippen molar-refractivity contribution < 1.29 is 4.79 Å². The van der Waals surface area contributed by atoms with E-state index in [2.05, 4.69) is 20.8 Å². The third-order valence-corrected chi connectivity index (χ3v) is 1.27. The second-order valence-electron chi connectivity index (χ2n) is 2.24. The molecule has 0 aliphatic rings. The number of nitrogens with one attached hydrogen (secondary N) is 2. The fraction of sp³-hybridized carbons (Fsp3) is 0.167. The van der Waals surface area contributed by atoms with Crippen LogP contribution in [0, 0.1) is 0 Å². The maximum atomic E-state index is 10.5. The lowest BCUT2D eigenvalue weighted by Crippen LogP contribution is -2.27. The largest absolute Gasteiger partial charge is 0.368 e. The lowest BCUT2D eigenvalue weighted by molar-refractivity contribution is -0.118. The van der Waals surface area contributed by atoms with Crippen molar-refractivity contribution in [1.29, 1.82) is 0 Å². The van der Waals surface area contributed by atoms with Crippen molar-refractivity contribution in [3.05, 3.63) is 11.2 Å². The number of halogens is 1. The van der Waals surface area contributed by atoms with Gasteiger partial charge in [0.2, 0.25) is 11.9 Å². The Balaban J connectivity index is 2.71. The first-order valence-corrected chi connectivity index (χ1v) is 3.78. The van der Waals surface area contributed by atoms with E-state index in [4.69, 9.17) is 17.3 Å². The van der Waals surface area contributed by atoms with Gasteiger partial charge in [0.05, 0.1) is 0 Å². The second kappa shape index (κ2) is 3.90. The predicted molar refractivity (Wildman–Crippen MR) is 48.9 cm³/mol. The zero-order chi connectivity index (χ0) is 9.84. The molecule has 0 saturated heterocycles. The molecule has 4 N–H and O–H groups in total. The lowest BCUT2D eigenvalue weighted by Gasteiger charge is -2.05. The molecular weight excluding hydrogens is 194 g/mol. The summed E-state index contributed by atoms with van der Waals surface area (Å²) in [5, 5.41) is 0.209. The highest BCUT2D eigenvalue weighted by atomic mass is 35.5. The molecule has 1 aromatic rings. The summed E-state index contributed by atoms with van der Waals surface area (Å²) in [6, 6.07) is 1.44. The fourth-order valence-corrected chi connectivity index (χ4v) is 0.841. The number of carbonyl (C=O) groups excluding carboxylic acids is 1. The van der Waals surface area contributed by atoms with Crippen LogP contribution in [0.25, 0.3) is 0 Å². The highest BCUT2D eigenvalue weighted by molar-refractivity contribution is 6.29. The maximum absolute atomic E-state index is 10.5. The van der Waals surface area contributed by atoms with Crippen molar-refractivity contribution in [1.82, 2.24) is 15.4 Å². The van der Waals surface area contributed by atoms with Gasteiger partial charge in [-0.3, -0.25) is 15.6 Å². The molecule has 7 heteroatoms. The van der Waals surface area contributed by atoms with Crippen molar-refractivity contribution in [3.63, 3.8) is 0 Å². The maximum Gasteiger partial charge on any atom is 0.235 e. The molecule has 0 atom stereocenters. The molecular formula is C6H8ClN5O. The standard InChI is InChI=1S/C6H8ClN5O/c1-3(13)11-12-5-2-4(7)9-6(8)10-5/h2H,1H3,(H,11,13)(H3,8,9,10,12). The van der Waals surface area contributed by atoms with Gasteiger partial charge in [0.25, 0.3) is 0 Å². The Kier molecular flexibility index (Phi) is 2.86. The van der Waals surface area contributed by atoms with E-state index in [-0.39, 0.29) is 17.0 Å². The fourth-order valence-electron chi connectivity index (χ4n) is 0.651. The first kappa shape index (κ1) is 9.53. The van der Waals surface area contributed by atoms with Gasteiger partial charge in [-0.2, -0.15) is 4.98 Å². The number of rotatable bonds is 2. The van der Waals surface area contributed by atoms with E-state index in [1.165, 1.54) is 13.0 Å². The predicted octanol–water partition coefficient (Wildman–Crippen LogP) is 0.175. The van der Waals surface area contributed by atoms with E-state index in [9.17, 15) is 4.79 Å². The number of hydrogen-bond acceptors (Lipinski definition) is 5. The number of hydrogen-bond donors (Lipinski definition) is 3. The first-order valence-electron chi connectivity index (χ1n) is 3.40. The van der Waals surface area contributed by atoms with Crippen LogP contribution in [0.4, 0.5) is 11.8 Å². The molecule has 1 aromatic heterocycles. The van der Waals surface area contributed by atoms with Crippen LogP contribution in [0.5, 0.6) is 0 Å². The van der Waals surface area contributed by atoms with Gasteiger partial charge in [-0.05, 0) is 0 Å². The molecule has 1 heterocycles. The summed E-state index contributed by atoms with van der Waals surface area (Å²) in [6.45, 7) is 1.36. The average Bonchev–Trinajstić information content (AvgIpc) is 1.99. The highest BCUT2D eigenvalue weighted by Gasteiger charge is 1.99. The lowest BCUT2D eigenvalue weighted by atomic mass is 10.6. The summed E-state index contributed by atoms with van der Waals surface area (Å²) in [4.78, 5) is 17.9. The molecule has 0 aliphatic heterocycles. The molecule has 6 nitrogen and oxygen atoms in total. The molecule has 0 aliphatic carbocycles. The van der Waals surface area contributed by atoms with Gasteiger partial charge < -0.3 is 5.73 Å². The molecule has 0 unspecified atom stereocenters. The molecule has 0 spiro atoms. The minimum Gasteiger partial charge on any atom is -0.368 e. The summed E-state index contributed by atoms with van der Waals surface area (Å²) in [5.74, 6) is 0.140. The molecule has 0 bridgehead atoms. The van der Waals surface area contributed by atoms with Crippen molar-refractivity contribution in [3.8, 4) is 0 Å². The zero-order valence-corrected chi connectivity index (χ0v) is 7.59. The van der Waals surface area contributed by atoms with E-state index in [0.29, 0.717) is 5.82 Å². The minimum atomic E-state index is -0.242. The molecule has 0 aromatic carbocycles. The summed E-state index contributed by atoms with van der Waals surface area (Å²) < 4.78 is 0. The number of anilines is 2. The molecule has 1 amide bonds. The third kappa shape index (κ3) is 3.12. The summed E-state index contributed by atoms with van der Waals surface area (Å²) in [6.07, 6.45) is 0. The van der Waals surface area contributed by atoms with E-state index in [1.54, 1.807) is 0 Å². The van der Waals surface area contributed by atoms with Gasteiger partial charge in [0, 0.05) is 13.0 Å². The molecule has 0 saturated carbocycles. The number of nitrogens with two attached hydrogens (primary N) is 1. The molecule has 0 radical (unpaired) electrons. The first-order chi connectivity index (χ1) is 6.08. The molecule has 0 fully saturated rings. The molecule has 1 rings (SSSR count). The number of carbonyl (C=O) groups is 1. The van der Waals surface area contributed by atoms with Crippen LogP contribution < -0.4 is 16.6 Å². The van der Waals surface area contributed by atoms with Crippen LogP contribution >= 0.6 is 11.6 Å². The van der Waals surface area contributed by atoms with Crippen LogP contribution in [-0.2, 0) is 4.79 Å². The summed E-state index contributed by atoms with van der Waals surface area (Å²) in [7, 11) is 0. The Morgan fingerprint density at radius 2 is 2.31 bits per heavy atom. The van der Waals surface area contributed by atoms with Gasteiger partial charge in [-0.15, -0.1) is 0 Å². The van der Waals surface area contributed by atoms with Crippen LogP contribution in [0.2, 0.25) is 5.15 Å². The Morgan fingerprint density at radius 3 is 2.85 bits per heavy atom. The topological polar surface area (TPSA) is 92.9 Å². The van der Waals surface area contributed by atoms with Crippen LogP contribution in [-0.4, -0.2) is 15.9 Å². The quantitative estimate of drug-likeness (QED) is 0.469. The van der Waals surface area contributed by atoms with E-state index in [0.717, 1.165) is 0 Å².